The Kier molecular flexibility index (Phi) is 7.54. The molecule has 42 heavy (non-hydrogen) atoms. The van der Waals surface area contributed by atoms with Crippen LogP contribution in [0.25, 0.3) is 27.4 Å². The molecule has 2 fully saturated rings. The van der Waals surface area contributed by atoms with E-state index >= 15 is 0 Å². The number of carbonyl (C=O) groups is 1. The summed E-state index contributed by atoms with van der Waals surface area (Å²) in [5, 5.41) is 16.4. The van der Waals surface area contributed by atoms with Crippen LogP contribution in [0.2, 0.25) is 0 Å². The molecule has 2 aromatic heterocycles. The van der Waals surface area contributed by atoms with Crippen molar-refractivity contribution in [3.63, 3.8) is 0 Å². The first-order valence-electron chi connectivity index (χ1n) is 14.1. The molecule has 1 amide bonds. The number of anilines is 1. The first kappa shape index (κ1) is 27.4. The van der Waals surface area contributed by atoms with E-state index in [0.717, 1.165) is 30.2 Å². The van der Waals surface area contributed by atoms with Crippen molar-refractivity contribution in [2.24, 2.45) is 0 Å². The van der Waals surface area contributed by atoms with Gasteiger partial charge in [-0.1, -0.05) is 43.0 Å². The van der Waals surface area contributed by atoms with Crippen molar-refractivity contribution in [1.82, 2.24) is 29.5 Å². The normalized spacial score (nSPS) is 19.2. The lowest BCUT2D eigenvalue weighted by atomic mass is 10.1. The predicted molar refractivity (Wildman–Crippen MR) is 160 cm³/mol. The highest BCUT2D eigenvalue weighted by molar-refractivity contribution is 5.92. The number of ether oxygens (including phenoxy) is 1. The molecule has 0 N–H and O–H groups in total. The highest BCUT2D eigenvalue weighted by atomic mass is 16.5. The molecule has 0 unspecified atom stereocenters. The van der Waals surface area contributed by atoms with Crippen LogP contribution in [0.3, 0.4) is 0 Å². The number of piperazine rings is 1. The average molecular weight is 565 g/mol. The number of hydrogen-bond acceptors (Lipinski definition) is 9. The van der Waals surface area contributed by atoms with Gasteiger partial charge in [-0.15, -0.1) is 0 Å². The first-order chi connectivity index (χ1) is 20.5. The monoisotopic (exact) mass is 564 g/mol. The number of likely N-dealkylation sites (N-methyl/N-ethyl adjacent to an activating group) is 1. The fourth-order valence-electron chi connectivity index (χ4n) is 5.95. The van der Waals surface area contributed by atoms with Crippen molar-refractivity contribution in [2.75, 3.05) is 44.7 Å². The SMILES string of the molecule is C=CC(=O)N1CCN(c2nc(OC[C@@H]3CCCN3C)nc3c(=O)n(-c4cccc5ccccc45)ncc23)C[C@@H]1CC#N. The molecule has 2 atom stereocenters. The lowest BCUT2D eigenvalue weighted by Gasteiger charge is -2.41. The molecule has 0 saturated carbocycles. The Hall–Kier alpha value is -4.82. The van der Waals surface area contributed by atoms with Gasteiger partial charge in [0.05, 0.1) is 35.8 Å². The van der Waals surface area contributed by atoms with Crippen LogP contribution in [0.5, 0.6) is 6.01 Å². The standard InChI is InChI=1S/C31H32N8O3/c1-3-27(40)38-17-16-37(19-22(38)13-14-32)29-25-18-33-39(26-12-6-9-21-8-4-5-11-24(21)26)30(41)28(25)34-31(35-29)42-20-23-10-7-15-36(23)2/h3-6,8-9,11-12,18,22-23H,1,7,10,13,15-17,19-20H2,2H3/t22-,23-/m0/s1. The predicted octanol–water partition coefficient (Wildman–Crippen LogP) is 2.92. The number of fused-ring (bicyclic) bond motifs is 2. The third-order valence-electron chi connectivity index (χ3n) is 8.24. The topological polar surface area (TPSA) is 120 Å². The summed E-state index contributed by atoms with van der Waals surface area (Å²) in [6, 6.07) is 15.8. The Balaban J connectivity index is 1.45. The Bertz CT molecular complexity index is 1760. The minimum Gasteiger partial charge on any atom is -0.462 e. The van der Waals surface area contributed by atoms with Crippen LogP contribution in [0.1, 0.15) is 19.3 Å². The Morgan fingerprint density at radius 3 is 2.74 bits per heavy atom. The Morgan fingerprint density at radius 2 is 1.95 bits per heavy atom. The first-order valence-corrected chi connectivity index (χ1v) is 14.1. The quantitative estimate of drug-likeness (QED) is 0.312. The van der Waals surface area contributed by atoms with Gasteiger partial charge in [-0.05, 0) is 44.0 Å². The molecule has 11 nitrogen and oxygen atoms in total. The van der Waals surface area contributed by atoms with Crippen molar-refractivity contribution in [3.8, 4) is 17.8 Å². The smallest absolute Gasteiger partial charge is 0.319 e. The highest BCUT2D eigenvalue weighted by Crippen LogP contribution is 2.29. The number of carbonyl (C=O) groups excluding carboxylic acids is 1. The number of nitriles is 1. The van der Waals surface area contributed by atoms with E-state index < -0.39 is 0 Å². The molecule has 0 bridgehead atoms. The second-order valence-electron chi connectivity index (χ2n) is 10.7. The zero-order valence-corrected chi connectivity index (χ0v) is 23.5. The number of rotatable bonds is 7. The summed E-state index contributed by atoms with van der Waals surface area (Å²) in [4.78, 5) is 41.8. The van der Waals surface area contributed by atoms with Gasteiger partial charge in [-0.2, -0.15) is 25.0 Å². The van der Waals surface area contributed by atoms with Crippen molar-refractivity contribution in [3.05, 3.63) is 71.7 Å². The fourth-order valence-corrected chi connectivity index (χ4v) is 5.95. The van der Waals surface area contributed by atoms with Crippen molar-refractivity contribution in [1.29, 1.82) is 5.26 Å². The van der Waals surface area contributed by atoms with Gasteiger partial charge >= 0.3 is 6.01 Å². The summed E-state index contributed by atoms with van der Waals surface area (Å²) in [5.41, 5.74) is 0.462. The van der Waals surface area contributed by atoms with Gasteiger partial charge < -0.3 is 19.4 Å². The molecule has 214 valence electrons. The molecule has 0 radical (unpaired) electrons. The fraction of sp³-hybridized carbons (Fsp3) is 0.355. The summed E-state index contributed by atoms with van der Waals surface area (Å²) < 4.78 is 7.50. The second kappa shape index (κ2) is 11.6. The van der Waals surface area contributed by atoms with Gasteiger partial charge in [0, 0.05) is 31.1 Å². The maximum absolute atomic E-state index is 14.0. The highest BCUT2D eigenvalue weighted by Gasteiger charge is 2.32. The molecular formula is C31H32N8O3. The number of hydrogen-bond donors (Lipinski definition) is 0. The van der Waals surface area contributed by atoms with Gasteiger partial charge in [0.15, 0.2) is 0 Å². The molecule has 6 rings (SSSR count). The van der Waals surface area contributed by atoms with E-state index in [-0.39, 0.29) is 41.5 Å². The van der Waals surface area contributed by atoms with E-state index in [9.17, 15) is 14.9 Å². The van der Waals surface area contributed by atoms with Crippen LogP contribution < -0.4 is 15.2 Å². The van der Waals surface area contributed by atoms with Gasteiger partial charge in [-0.3, -0.25) is 9.59 Å². The number of nitrogens with zero attached hydrogens (tertiary/aromatic N) is 8. The van der Waals surface area contributed by atoms with Crippen LogP contribution in [-0.2, 0) is 4.79 Å². The van der Waals surface area contributed by atoms with Crippen LogP contribution in [0, 0.1) is 11.3 Å². The molecular weight excluding hydrogens is 532 g/mol. The van der Waals surface area contributed by atoms with E-state index in [4.69, 9.17) is 9.72 Å². The molecule has 0 aliphatic carbocycles. The van der Waals surface area contributed by atoms with Crippen LogP contribution in [-0.4, -0.2) is 87.4 Å². The van der Waals surface area contributed by atoms with Gasteiger partial charge in [0.25, 0.3) is 5.56 Å². The summed E-state index contributed by atoms with van der Waals surface area (Å²) in [6.07, 6.45) is 5.16. The number of aromatic nitrogens is 4. The molecule has 11 heteroatoms. The van der Waals surface area contributed by atoms with Gasteiger partial charge in [-0.25, -0.2) is 0 Å². The molecule has 2 aliphatic rings. The summed E-state index contributed by atoms with van der Waals surface area (Å²) >= 11 is 0. The number of likely N-dealkylation sites (tertiary alicyclic amines) is 1. The minimum absolute atomic E-state index is 0.118. The van der Waals surface area contributed by atoms with E-state index in [0.29, 0.717) is 43.1 Å². The zero-order valence-electron chi connectivity index (χ0n) is 23.5. The number of benzene rings is 2. The second-order valence-corrected chi connectivity index (χ2v) is 10.7. The van der Waals surface area contributed by atoms with E-state index in [1.54, 1.807) is 11.1 Å². The summed E-state index contributed by atoms with van der Waals surface area (Å²) in [6.45, 7) is 6.21. The van der Waals surface area contributed by atoms with Crippen LogP contribution in [0.15, 0.2) is 66.1 Å². The molecule has 2 saturated heterocycles. The van der Waals surface area contributed by atoms with Gasteiger partial charge in [0.1, 0.15) is 17.9 Å². The van der Waals surface area contributed by atoms with Crippen molar-refractivity contribution >= 4 is 33.4 Å². The third-order valence-corrected chi connectivity index (χ3v) is 8.24. The third kappa shape index (κ3) is 5.05. The lowest BCUT2D eigenvalue weighted by molar-refractivity contribution is -0.128. The van der Waals surface area contributed by atoms with E-state index in [2.05, 4.69) is 34.7 Å². The van der Waals surface area contributed by atoms with Crippen molar-refractivity contribution in [2.45, 2.75) is 31.3 Å². The molecule has 0 spiro atoms. The maximum atomic E-state index is 14.0. The maximum Gasteiger partial charge on any atom is 0.319 e. The van der Waals surface area contributed by atoms with E-state index in [1.807, 2.05) is 47.4 Å². The van der Waals surface area contributed by atoms with Gasteiger partial charge in [0.2, 0.25) is 5.91 Å². The van der Waals surface area contributed by atoms with Crippen LogP contribution >= 0.6 is 0 Å². The van der Waals surface area contributed by atoms with Crippen molar-refractivity contribution < 1.29 is 9.53 Å². The summed E-state index contributed by atoms with van der Waals surface area (Å²) in [7, 11) is 2.07. The largest absolute Gasteiger partial charge is 0.462 e. The molecule has 2 aliphatic heterocycles. The van der Waals surface area contributed by atoms with Crippen LogP contribution in [0.4, 0.5) is 5.82 Å². The molecule has 4 heterocycles. The lowest BCUT2D eigenvalue weighted by Crippen LogP contribution is -2.55. The Labute approximate surface area is 243 Å². The van der Waals surface area contributed by atoms with E-state index in [1.165, 1.54) is 10.8 Å². The Morgan fingerprint density at radius 1 is 1.12 bits per heavy atom. The average Bonchev–Trinajstić information content (AvgIpc) is 3.44. The zero-order chi connectivity index (χ0) is 29.2. The molecule has 4 aromatic rings. The summed E-state index contributed by atoms with van der Waals surface area (Å²) in [5.74, 6) is 0.282. The minimum atomic E-state index is -0.385. The molecule has 2 aromatic carbocycles. The number of amides is 1.